The second-order valence-electron chi connectivity index (χ2n) is 5.40. The van der Waals surface area contributed by atoms with Crippen LogP contribution in [0.25, 0.3) is 10.9 Å². The summed E-state index contributed by atoms with van der Waals surface area (Å²) in [5.41, 5.74) is 2.38. The first kappa shape index (κ1) is 17.0. The van der Waals surface area contributed by atoms with Gasteiger partial charge < -0.3 is 15.4 Å². The van der Waals surface area contributed by atoms with Gasteiger partial charge in [-0.05, 0) is 43.3 Å². The number of fused-ring (bicyclic) bond motifs is 1. The lowest BCUT2D eigenvalue weighted by Gasteiger charge is -2.13. The molecule has 5 nitrogen and oxygen atoms in total. The van der Waals surface area contributed by atoms with E-state index < -0.39 is 11.8 Å². The van der Waals surface area contributed by atoms with Gasteiger partial charge in [-0.15, -0.1) is 0 Å². The molecular formula is C18H15ClFN3O2. The van der Waals surface area contributed by atoms with Crippen molar-refractivity contribution in [2.24, 2.45) is 0 Å². The first-order valence-corrected chi connectivity index (χ1v) is 7.82. The first-order valence-electron chi connectivity index (χ1n) is 7.45. The summed E-state index contributed by atoms with van der Waals surface area (Å²) in [7, 11) is 1.40. The van der Waals surface area contributed by atoms with Crippen LogP contribution in [0.4, 0.5) is 20.6 Å². The number of ether oxygens (including phenoxy) is 1. The van der Waals surface area contributed by atoms with Crippen LogP contribution >= 0.6 is 11.6 Å². The van der Waals surface area contributed by atoms with Gasteiger partial charge in [0.1, 0.15) is 11.6 Å². The summed E-state index contributed by atoms with van der Waals surface area (Å²) in [4.78, 5) is 16.7. The largest absolute Gasteiger partial charge is 0.494 e. The molecule has 3 aromatic rings. The number of hydrogen-bond acceptors (Lipinski definition) is 3. The van der Waals surface area contributed by atoms with Crippen molar-refractivity contribution >= 4 is 39.9 Å². The quantitative estimate of drug-likeness (QED) is 0.692. The summed E-state index contributed by atoms with van der Waals surface area (Å²) in [6, 6.07) is 10.4. The molecule has 0 atom stereocenters. The van der Waals surface area contributed by atoms with E-state index in [4.69, 9.17) is 16.3 Å². The van der Waals surface area contributed by atoms with Crippen LogP contribution in [0.3, 0.4) is 0 Å². The Hall–Kier alpha value is -2.86. The number of hydrogen-bond donors (Lipinski definition) is 2. The maximum atomic E-state index is 13.2. The van der Waals surface area contributed by atoms with Crippen LogP contribution in [0.15, 0.2) is 42.5 Å². The Morgan fingerprint density at radius 1 is 1.12 bits per heavy atom. The molecule has 3 rings (SSSR count). The van der Waals surface area contributed by atoms with Crippen molar-refractivity contribution in [3.8, 4) is 5.75 Å². The molecule has 2 amide bonds. The van der Waals surface area contributed by atoms with Gasteiger partial charge in [0.15, 0.2) is 0 Å². The molecule has 0 saturated heterocycles. The third-order valence-electron chi connectivity index (χ3n) is 3.56. The highest BCUT2D eigenvalue weighted by atomic mass is 35.5. The van der Waals surface area contributed by atoms with Gasteiger partial charge >= 0.3 is 6.03 Å². The normalized spacial score (nSPS) is 10.6. The molecule has 0 radical (unpaired) electrons. The summed E-state index contributed by atoms with van der Waals surface area (Å²) in [5, 5.41) is 6.75. The molecule has 7 heteroatoms. The van der Waals surface area contributed by atoms with Crippen LogP contribution < -0.4 is 15.4 Å². The maximum absolute atomic E-state index is 13.2. The molecule has 1 aromatic heterocycles. The molecule has 25 heavy (non-hydrogen) atoms. The number of pyridine rings is 1. The lowest BCUT2D eigenvalue weighted by molar-refractivity contribution is 0.262. The minimum Gasteiger partial charge on any atom is -0.494 e. The Morgan fingerprint density at radius 2 is 1.88 bits per heavy atom. The Bertz CT molecular complexity index is 957. The number of methoxy groups -OCH3 is 1. The van der Waals surface area contributed by atoms with E-state index in [0.717, 1.165) is 11.1 Å². The minimum atomic E-state index is -0.480. The average Bonchev–Trinajstić information content (AvgIpc) is 2.55. The van der Waals surface area contributed by atoms with Crippen molar-refractivity contribution in [3.63, 3.8) is 0 Å². The molecule has 0 fully saturated rings. The number of anilines is 2. The van der Waals surface area contributed by atoms with E-state index in [1.807, 2.05) is 6.92 Å². The number of nitrogens with zero attached hydrogens (tertiary/aromatic N) is 1. The summed E-state index contributed by atoms with van der Waals surface area (Å²) >= 11 is 6.00. The zero-order chi connectivity index (χ0) is 18.0. The smallest absolute Gasteiger partial charge is 0.323 e. The third-order valence-corrected chi connectivity index (χ3v) is 3.80. The van der Waals surface area contributed by atoms with E-state index in [-0.39, 0.29) is 5.75 Å². The Morgan fingerprint density at radius 3 is 2.64 bits per heavy atom. The maximum Gasteiger partial charge on any atom is 0.323 e. The highest BCUT2D eigenvalue weighted by molar-refractivity contribution is 6.31. The van der Waals surface area contributed by atoms with E-state index in [1.165, 1.54) is 25.3 Å². The molecule has 2 N–H and O–H groups in total. The molecule has 2 aromatic carbocycles. The number of carbonyl (C=O) groups excluding carboxylic acids is 1. The summed E-state index contributed by atoms with van der Waals surface area (Å²) in [5.74, 6) is -0.215. The molecule has 0 aliphatic rings. The molecular weight excluding hydrogens is 345 g/mol. The fourth-order valence-electron chi connectivity index (χ4n) is 2.48. The molecule has 128 valence electrons. The summed E-state index contributed by atoms with van der Waals surface area (Å²) in [6.45, 7) is 1.83. The monoisotopic (exact) mass is 359 g/mol. The fraction of sp³-hybridized carbons (Fsp3) is 0.111. The predicted octanol–water partition coefficient (Wildman–Crippen LogP) is 4.99. The van der Waals surface area contributed by atoms with Crippen molar-refractivity contribution in [3.05, 3.63) is 59.0 Å². The van der Waals surface area contributed by atoms with Crippen LogP contribution in [-0.4, -0.2) is 18.1 Å². The summed E-state index contributed by atoms with van der Waals surface area (Å²) < 4.78 is 18.3. The van der Waals surface area contributed by atoms with Crippen molar-refractivity contribution < 1.29 is 13.9 Å². The molecule has 1 heterocycles. The van der Waals surface area contributed by atoms with Gasteiger partial charge in [-0.1, -0.05) is 11.6 Å². The van der Waals surface area contributed by atoms with Gasteiger partial charge in [0.25, 0.3) is 0 Å². The number of urea groups is 1. The highest BCUT2D eigenvalue weighted by Gasteiger charge is 2.11. The van der Waals surface area contributed by atoms with Crippen LogP contribution in [-0.2, 0) is 0 Å². The lowest BCUT2D eigenvalue weighted by atomic mass is 10.1. The Labute approximate surface area is 148 Å². The summed E-state index contributed by atoms with van der Waals surface area (Å²) in [6.07, 6.45) is 0. The minimum absolute atomic E-state index is 0.234. The Kier molecular flexibility index (Phi) is 4.72. The first-order chi connectivity index (χ1) is 12.0. The van der Waals surface area contributed by atoms with Crippen LogP contribution in [0.5, 0.6) is 5.75 Å². The number of carbonyl (C=O) groups is 1. The standard InChI is InChI=1S/C18H15ClFN3O2/c1-10-7-15(13-5-3-11(19)8-16(13)21-10)23-18(24)22-14-6-4-12(20)9-17(14)25-2/h3-9H,1-2H3,(H2,21,22,23,24). The van der Waals surface area contributed by atoms with Gasteiger partial charge in [0.05, 0.1) is 24.0 Å². The van der Waals surface area contributed by atoms with E-state index in [2.05, 4.69) is 15.6 Å². The zero-order valence-electron chi connectivity index (χ0n) is 13.6. The molecule has 0 aliphatic heterocycles. The zero-order valence-corrected chi connectivity index (χ0v) is 14.3. The molecule has 0 unspecified atom stereocenters. The molecule has 0 aliphatic carbocycles. The SMILES string of the molecule is COc1cc(F)ccc1NC(=O)Nc1cc(C)nc2cc(Cl)ccc12. The lowest BCUT2D eigenvalue weighted by Crippen LogP contribution is -2.20. The van der Waals surface area contributed by atoms with Gasteiger partial charge in [-0.3, -0.25) is 4.98 Å². The number of nitrogens with one attached hydrogen (secondary N) is 2. The van der Waals surface area contributed by atoms with Gasteiger partial charge in [0.2, 0.25) is 0 Å². The predicted molar refractivity (Wildman–Crippen MR) is 97.1 cm³/mol. The van der Waals surface area contributed by atoms with Crippen molar-refractivity contribution in [2.45, 2.75) is 6.92 Å². The molecule has 0 bridgehead atoms. The van der Waals surface area contributed by atoms with E-state index >= 15 is 0 Å². The van der Waals surface area contributed by atoms with Crippen molar-refractivity contribution in [1.29, 1.82) is 0 Å². The number of halogens is 2. The number of aryl methyl sites for hydroxylation is 1. The second-order valence-corrected chi connectivity index (χ2v) is 5.83. The van der Waals surface area contributed by atoms with Gasteiger partial charge in [-0.25, -0.2) is 9.18 Å². The van der Waals surface area contributed by atoms with Crippen LogP contribution in [0, 0.1) is 12.7 Å². The number of aromatic nitrogens is 1. The van der Waals surface area contributed by atoms with E-state index in [0.29, 0.717) is 21.9 Å². The average molecular weight is 360 g/mol. The van der Waals surface area contributed by atoms with Crippen molar-refractivity contribution in [1.82, 2.24) is 4.98 Å². The van der Waals surface area contributed by atoms with Gasteiger partial charge in [-0.2, -0.15) is 0 Å². The number of rotatable bonds is 3. The van der Waals surface area contributed by atoms with Gasteiger partial charge in [0, 0.05) is 22.2 Å². The second kappa shape index (κ2) is 6.94. The van der Waals surface area contributed by atoms with E-state index in [1.54, 1.807) is 24.3 Å². The third kappa shape index (κ3) is 3.80. The molecule has 0 saturated carbocycles. The highest BCUT2D eigenvalue weighted by Crippen LogP contribution is 2.27. The topological polar surface area (TPSA) is 63.2 Å². The van der Waals surface area contributed by atoms with Crippen LogP contribution in [0.1, 0.15) is 5.69 Å². The number of benzene rings is 2. The van der Waals surface area contributed by atoms with E-state index in [9.17, 15) is 9.18 Å². The fourth-order valence-corrected chi connectivity index (χ4v) is 2.65. The number of amides is 2. The van der Waals surface area contributed by atoms with Crippen LogP contribution in [0.2, 0.25) is 5.02 Å². The molecule has 0 spiro atoms. The Balaban J connectivity index is 1.88. The van der Waals surface area contributed by atoms with Crippen molar-refractivity contribution in [2.75, 3.05) is 17.7 Å².